The third-order valence-electron chi connectivity index (χ3n) is 4.89. The molecule has 170 valence electrons. The van der Waals surface area contributed by atoms with Crippen molar-refractivity contribution in [2.24, 2.45) is 0 Å². The molecule has 0 atom stereocenters. The van der Waals surface area contributed by atoms with Crippen LogP contribution in [0.15, 0.2) is 107 Å². The van der Waals surface area contributed by atoms with Gasteiger partial charge in [0.2, 0.25) is 5.91 Å². The Kier molecular flexibility index (Phi) is 7.57. The van der Waals surface area contributed by atoms with Crippen molar-refractivity contribution in [3.05, 3.63) is 114 Å². The zero-order valence-electron chi connectivity index (χ0n) is 18.2. The summed E-state index contributed by atoms with van der Waals surface area (Å²) >= 11 is 1.51. The summed E-state index contributed by atoms with van der Waals surface area (Å²) in [5, 5.41) is 12.7. The lowest BCUT2D eigenvalue weighted by atomic mass is 10.1. The van der Waals surface area contributed by atoms with Gasteiger partial charge < -0.3 is 15.2 Å². The molecule has 0 aliphatic rings. The number of benzene rings is 3. The van der Waals surface area contributed by atoms with E-state index in [1.807, 2.05) is 66.7 Å². The Morgan fingerprint density at radius 2 is 1.59 bits per heavy atom. The fourth-order valence-electron chi connectivity index (χ4n) is 3.20. The number of carboxylic acid groups (broad SMARTS) is 1. The molecule has 4 rings (SSSR count). The predicted octanol–water partition coefficient (Wildman–Crippen LogP) is 5.69. The number of carbonyl (C=O) groups is 2. The van der Waals surface area contributed by atoms with Crippen LogP contribution in [0.2, 0.25) is 0 Å². The van der Waals surface area contributed by atoms with E-state index in [-0.39, 0.29) is 23.6 Å². The van der Waals surface area contributed by atoms with Crippen LogP contribution in [0, 0.1) is 0 Å². The molecule has 1 heterocycles. The highest BCUT2D eigenvalue weighted by Gasteiger charge is 2.12. The number of nitrogens with zero attached hydrogens (tertiary/aromatic N) is 1. The zero-order chi connectivity index (χ0) is 23.8. The summed E-state index contributed by atoms with van der Waals surface area (Å²) in [6.45, 7) is 0.520. The van der Waals surface area contributed by atoms with E-state index in [4.69, 9.17) is 4.74 Å². The fraction of sp³-hybridized carbons (Fsp3) is 0.0741. The van der Waals surface area contributed by atoms with Crippen LogP contribution in [0.5, 0.6) is 5.75 Å². The third-order valence-corrected chi connectivity index (χ3v) is 5.85. The molecule has 0 aliphatic heterocycles. The Morgan fingerprint density at radius 1 is 0.853 bits per heavy atom. The Labute approximate surface area is 201 Å². The number of para-hydroxylation sites is 1. The normalized spacial score (nSPS) is 10.5. The Balaban J connectivity index is 1.29. The lowest BCUT2D eigenvalue weighted by Crippen LogP contribution is -2.16. The van der Waals surface area contributed by atoms with Crippen molar-refractivity contribution in [2.75, 3.05) is 5.32 Å². The summed E-state index contributed by atoms with van der Waals surface area (Å²) in [7, 11) is 0. The van der Waals surface area contributed by atoms with Gasteiger partial charge in [-0.25, -0.2) is 9.78 Å². The molecule has 0 spiro atoms. The molecule has 1 amide bonds. The number of ether oxygens (including phenoxy) is 1. The van der Waals surface area contributed by atoms with E-state index in [0.29, 0.717) is 6.61 Å². The largest absolute Gasteiger partial charge is 0.489 e. The van der Waals surface area contributed by atoms with Crippen molar-refractivity contribution >= 4 is 29.3 Å². The van der Waals surface area contributed by atoms with Gasteiger partial charge in [0.25, 0.3) is 0 Å². The number of aromatic nitrogens is 1. The van der Waals surface area contributed by atoms with Gasteiger partial charge in [0.15, 0.2) is 0 Å². The SMILES string of the molecule is O=C(Cc1ccc(Sc2ccc(OCc3ccccc3)cc2)nc1)Nc1ccccc1C(=O)O. The average Bonchev–Trinajstić information content (AvgIpc) is 2.85. The van der Waals surface area contributed by atoms with Crippen molar-refractivity contribution in [1.82, 2.24) is 4.98 Å². The minimum Gasteiger partial charge on any atom is -0.489 e. The van der Waals surface area contributed by atoms with Gasteiger partial charge in [-0.1, -0.05) is 60.3 Å². The number of carbonyl (C=O) groups excluding carboxylic acids is 1. The van der Waals surface area contributed by atoms with Crippen LogP contribution in [0.25, 0.3) is 0 Å². The molecule has 0 bridgehead atoms. The molecule has 7 heteroatoms. The van der Waals surface area contributed by atoms with E-state index in [2.05, 4.69) is 10.3 Å². The van der Waals surface area contributed by atoms with Crippen LogP contribution in [-0.2, 0) is 17.8 Å². The average molecular weight is 471 g/mol. The number of aromatic carboxylic acids is 1. The summed E-state index contributed by atoms with van der Waals surface area (Å²) in [5.74, 6) is -0.594. The molecular formula is C27H22N2O4S. The highest BCUT2D eigenvalue weighted by molar-refractivity contribution is 7.99. The van der Waals surface area contributed by atoms with Crippen molar-refractivity contribution < 1.29 is 19.4 Å². The number of anilines is 1. The van der Waals surface area contributed by atoms with Crippen LogP contribution in [0.4, 0.5) is 5.69 Å². The maximum Gasteiger partial charge on any atom is 0.337 e. The molecule has 0 unspecified atom stereocenters. The number of pyridine rings is 1. The Morgan fingerprint density at radius 3 is 2.29 bits per heavy atom. The highest BCUT2D eigenvalue weighted by atomic mass is 32.2. The van der Waals surface area contributed by atoms with Crippen LogP contribution in [0.3, 0.4) is 0 Å². The van der Waals surface area contributed by atoms with Crippen molar-refractivity contribution in [1.29, 1.82) is 0 Å². The van der Waals surface area contributed by atoms with E-state index in [0.717, 1.165) is 26.8 Å². The van der Waals surface area contributed by atoms with E-state index in [1.54, 1.807) is 24.4 Å². The minimum atomic E-state index is -1.09. The molecule has 0 saturated heterocycles. The monoisotopic (exact) mass is 470 g/mol. The molecule has 0 aliphatic carbocycles. The molecular weight excluding hydrogens is 448 g/mol. The molecule has 4 aromatic rings. The number of carboxylic acids is 1. The van der Waals surface area contributed by atoms with Gasteiger partial charge in [-0.05, 0) is 53.6 Å². The first-order chi connectivity index (χ1) is 16.6. The predicted molar refractivity (Wildman–Crippen MR) is 131 cm³/mol. The number of nitrogens with one attached hydrogen (secondary N) is 1. The van der Waals surface area contributed by atoms with Gasteiger partial charge in [-0.3, -0.25) is 4.79 Å². The van der Waals surface area contributed by atoms with Gasteiger partial charge in [0.05, 0.1) is 17.7 Å². The third kappa shape index (κ3) is 6.46. The second-order valence-corrected chi connectivity index (χ2v) is 8.52. The van der Waals surface area contributed by atoms with E-state index >= 15 is 0 Å². The van der Waals surface area contributed by atoms with Gasteiger partial charge in [0.1, 0.15) is 17.4 Å². The minimum absolute atomic E-state index is 0.0530. The molecule has 0 radical (unpaired) electrons. The maximum absolute atomic E-state index is 12.4. The maximum atomic E-state index is 12.4. The summed E-state index contributed by atoms with van der Waals surface area (Å²) in [6.07, 6.45) is 1.75. The first-order valence-corrected chi connectivity index (χ1v) is 11.4. The van der Waals surface area contributed by atoms with Crippen LogP contribution < -0.4 is 10.1 Å². The first kappa shape index (κ1) is 23.1. The fourth-order valence-corrected chi connectivity index (χ4v) is 3.95. The lowest BCUT2D eigenvalue weighted by Gasteiger charge is -2.09. The van der Waals surface area contributed by atoms with Gasteiger partial charge in [-0.15, -0.1) is 0 Å². The van der Waals surface area contributed by atoms with Crippen molar-refractivity contribution in [3.8, 4) is 5.75 Å². The number of hydrogen-bond acceptors (Lipinski definition) is 5. The Bertz CT molecular complexity index is 1260. The molecule has 0 fully saturated rings. The Hall–Kier alpha value is -4.10. The van der Waals surface area contributed by atoms with E-state index < -0.39 is 5.97 Å². The summed E-state index contributed by atoms with van der Waals surface area (Å²) in [4.78, 5) is 29.1. The van der Waals surface area contributed by atoms with Crippen LogP contribution in [0.1, 0.15) is 21.5 Å². The molecule has 1 aromatic heterocycles. The molecule has 2 N–H and O–H groups in total. The number of rotatable bonds is 9. The van der Waals surface area contributed by atoms with Gasteiger partial charge >= 0.3 is 5.97 Å². The quantitative estimate of drug-likeness (QED) is 0.327. The number of amides is 1. The molecule has 34 heavy (non-hydrogen) atoms. The summed E-state index contributed by atoms with van der Waals surface area (Å²) in [5.41, 5.74) is 2.18. The van der Waals surface area contributed by atoms with Crippen molar-refractivity contribution in [3.63, 3.8) is 0 Å². The van der Waals surface area contributed by atoms with Gasteiger partial charge in [-0.2, -0.15) is 0 Å². The summed E-state index contributed by atoms with van der Waals surface area (Å²) in [6, 6.07) is 27.8. The van der Waals surface area contributed by atoms with Crippen LogP contribution >= 0.6 is 11.8 Å². The smallest absolute Gasteiger partial charge is 0.337 e. The lowest BCUT2D eigenvalue weighted by molar-refractivity contribution is -0.115. The van der Waals surface area contributed by atoms with E-state index in [9.17, 15) is 14.7 Å². The molecule has 3 aromatic carbocycles. The van der Waals surface area contributed by atoms with Crippen LogP contribution in [-0.4, -0.2) is 22.0 Å². The topological polar surface area (TPSA) is 88.5 Å². The van der Waals surface area contributed by atoms with Crippen molar-refractivity contribution in [2.45, 2.75) is 22.9 Å². The number of hydrogen-bond donors (Lipinski definition) is 2. The van der Waals surface area contributed by atoms with Gasteiger partial charge in [0, 0.05) is 11.1 Å². The first-order valence-electron chi connectivity index (χ1n) is 10.6. The summed E-state index contributed by atoms with van der Waals surface area (Å²) < 4.78 is 5.82. The highest BCUT2D eigenvalue weighted by Crippen LogP contribution is 2.28. The second kappa shape index (κ2) is 11.2. The zero-order valence-corrected chi connectivity index (χ0v) is 19.0. The van der Waals surface area contributed by atoms with E-state index in [1.165, 1.54) is 17.8 Å². The standard InChI is InChI=1S/C27H22N2O4S/c30-25(29-24-9-5-4-8-23(24)27(31)32)16-20-10-15-26(28-17-20)34-22-13-11-21(12-14-22)33-18-19-6-2-1-3-7-19/h1-15,17H,16,18H2,(H,29,30)(H,31,32). The molecule has 0 saturated carbocycles. The second-order valence-electron chi connectivity index (χ2n) is 7.43. The molecule has 6 nitrogen and oxygen atoms in total.